The molecule has 1 atom stereocenters. The molecule has 1 saturated heterocycles. The Kier molecular flexibility index (Phi) is 5.83. The van der Waals surface area contributed by atoms with Crippen molar-refractivity contribution in [3.8, 4) is 0 Å². The highest BCUT2D eigenvalue weighted by atomic mass is 16.5. The number of nitrogens with one attached hydrogen (secondary N) is 1. The van der Waals surface area contributed by atoms with E-state index in [1.54, 1.807) is 0 Å². The molecular weight excluding hydrogens is 236 g/mol. The minimum Gasteiger partial charge on any atom is -0.377 e. The van der Waals surface area contributed by atoms with E-state index in [2.05, 4.69) is 54.4 Å². The quantitative estimate of drug-likeness (QED) is 0.882. The minimum atomic E-state index is 0.329. The molecule has 2 rings (SSSR count). The normalized spacial score (nSPS) is 21.5. The van der Waals surface area contributed by atoms with Gasteiger partial charge in [-0.25, -0.2) is 0 Å². The predicted molar refractivity (Wildman–Crippen MR) is 79.3 cm³/mol. The molecule has 3 nitrogen and oxygen atoms in total. The van der Waals surface area contributed by atoms with Crippen molar-refractivity contribution in [1.29, 1.82) is 0 Å². The fraction of sp³-hybridized carbons (Fsp3) is 0.625. The van der Waals surface area contributed by atoms with Crippen molar-refractivity contribution in [2.24, 2.45) is 0 Å². The van der Waals surface area contributed by atoms with Crippen molar-refractivity contribution >= 4 is 0 Å². The van der Waals surface area contributed by atoms with E-state index in [0.717, 1.165) is 32.8 Å². The Balaban J connectivity index is 1.88. The summed E-state index contributed by atoms with van der Waals surface area (Å²) in [5, 5.41) is 3.64. The van der Waals surface area contributed by atoms with Crippen molar-refractivity contribution in [3.63, 3.8) is 0 Å². The van der Waals surface area contributed by atoms with E-state index >= 15 is 0 Å². The standard InChI is InChI=1S/C16H26N2O/c1-14(2)19-12-11-18-10-6-9-17-16(13-18)15-7-4-3-5-8-15/h3-5,7-8,14,16-17H,6,9-13H2,1-2H3. The van der Waals surface area contributed by atoms with Crippen LogP contribution in [0.5, 0.6) is 0 Å². The summed E-state index contributed by atoms with van der Waals surface area (Å²) < 4.78 is 5.66. The molecule has 19 heavy (non-hydrogen) atoms. The van der Waals surface area contributed by atoms with Crippen LogP contribution in [-0.4, -0.2) is 43.8 Å². The average Bonchev–Trinajstić information content (AvgIpc) is 2.65. The van der Waals surface area contributed by atoms with Gasteiger partial charge in [-0.1, -0.05) is 30.3 Å². The van der Waals surface area contributed by atoms with E-state index in [1.165, 1.54) is 12.0 Å². The van der Waals surface area contributed by atoms with Gasteiger partial charge in [0.25, 0.3) is 0 Å². The molecule has 0 aromatic heterocycles. The fourth-order valence-electron chi connectivity index (χ4n) is 2.52. The van der Waals surface area contributed by atoms with Crippen LogP contribution >= 0.6 is 0 Å². The highest BCUT2D eigenvalue weighted by Crippen LogP contribution is 2.16. The van der Waals surface area contributed by atoms with Gasteiger partial charge in [-0.3, -0.25) is 4.90 Å². The Bertz CT molecular complexity index is 353. The second-order valence-electron chi connectivity index (χ2n) is 5.49. The van der Waals surface area contributed by atoms with Crippen molar-refractivity contribution in [2.75, 3.05) is 32.8 Å². The van der Waals surface area contributed by atoms with Crippen molar-refractivity contribution in [2.45, 2.75) is 32.4 Å². The first-order valence-electron chi connectivity index (χ1n) is 7.38. The molecule has 1 unspecified atom stereocenters. The first-order valence-corrected chi connectivity index (χ1v) is 7.38. The second-order valence-corrected chi connectivity index (χ2v) is 5.49. The fourth-order valence-corrected chi connectivity index (χ4v) is 2.52. The van der Waals surface area contributed by atoms with E-state index in [-0.39, 0.29) is 0 Å². The lowest BCUT2D eigenvalue weighted by Gasteiger charge is -2.25. The van der Waals surface area contributed by atoms with Gasteiger partial charge in [0, 0.05) is 19.1 Å². The molecule has 1 aromatic carbocycles. The van der Waals surface area contributed by atoms with Gasteiger partial charge in [-0.05, 0) is 38.9 Å². The van der Waals surface area contributed by atoms with Gasteiger partial charge >= 0.3 is 0 Å². The third kappa shape index (κ3) is 4.94. The summed E-state index contributed by atoms with van der Waals surface area (Å²) in [6, 6.07) is 11.2. The van der Waals surface area contributed by atoms with Crippen molar-refractivity contribution < 1.29 is 4.74 Å². The Hall–Kier alpha value is -0.900. The lowest BCUT2D eigenvalue weighted by atomic mass is 10.1. The van der Waals surface area contributed by atoms with Crippen LogP contribution < -0.4 is 5.32 Å². The van der Waals surface area contributed by atoms with Gasteiger partial charge < -0.3 is 10.1 Å². The van der Waals surface area contributed by atoms with Crippen LogP contribution in [0.4, 0.5) is 0 Å². The summed E-state index contributed by atoms with van der Waals surface area (Å²) in [5.41, 5.74) is 1.39. The van der Waals surface area contributed by atoms with E-state index < -0.39 is 0 Å². The average molecular weight is 262 g/mol. The summed E-state index contributed by atoms with van der Waals surface area (Å²) in [5.74, 6) is 0. The molecule has 1 fully saturated rings. The van der Waals surface area contributed by atoms with Crippen LogP contribution in [-0.2, 0) is 4.74 Å². The Labute approximate surface area is 116 Å². The van der Waals surface area contributed by atoms with Crippen LogP contribution in [0, 0.1) is 0 Å². The molecule has 3 heteroatoms. The van der Waals surface area contributed by atoms with Crippen LogP contribution in [0.1, 0.15) is 31.9 Å². The summed E-state index contributed by atoms with van der Waals surface area (Å²) in [4.78, 5) is 2.51. The maximum atomic E-state index is 5.66. The van der Waals surface area contributed by atoms with Gasteiger partial charge in [0.2, 0.25) is 0 Å². The minimum absolute atomic E-state index is 0.329. The smallest absolute Gasteiger partial charge is 0.0596 e. The summed E-state index contributed by atoms with van der Waals surface area (Å²) >= 11 is 0. The molecule has 1 aromatic rings. The Morgan fingerprint density at radius 2 is 2.11 bits per heavy atom. The molecule has 106 valence electrons. The molecule has 0 bridgehead atoms. The van der Waals surface area contributed by atoms with Gasteiger partial charge in [-0.15, -0.1) is 0 Å². The highest BCUT2D eigenvalue weighted by Gasteiger charge is 2.18. The number of rotatable bonds is 5. The third-order valence-corrected chi connectivity index (χ3v) is 3.54. The molecule has 0 aliphatic carbocycles. The summed E-state index contributed by atoms with van der Waals surface area (Å²) in [7, 11) is 0. The number of benzene rings is 1. The van der Waals surface area contributed by atoms with Crippen molar-refractivity contribution in [1.82, 2.24) is 10.2 Å². The van der Waals surface area contributed by atoms with Gasteiger partial charge in [0.05, 0.1) is 12.7 Å². The zero-order chi connectivity index (χ0) is 13.5. The summed E-state index contributed by atoms with van der Waals surface area (Å²) in [6.07, 6.45) is 1.54. The van der Waals surface area contributed by atoms with E-state index in [9.17, 15) is 0 Å². The summed E-state index contributed by atoms with van der Waals surface area (Å²) in [6.45, 7) is 9.39. The SMILES string of the molecule is CC(C)OCCN1CCCNC(c2ccccc2)C1. The second kappa shape index (κ2) is 7.63. The molecule has 1 aliphatic rings. The maximum Gasteiger partial charge on any atom is 0.0596 e. The monoisotopic (exact) mass is 262 g/mol. The van der Waals surface area contributed by atoms with Gasteiger partial charge in [0.15, 0.2) is 0 Å². The molecular formula is C16H26N2O. The van der Waals surface area contributed by atoms with Crippen LogP contribution in [0.15, 0.2) is 30.3 Å². The van der Waals surface area contributed by atoms with E-state index in [0.29, 0.717) is 12.1 Å². The van der Waals surface area contributed by atoms with Gasteiger partial charge in [0.1, 0.15) is 0 Å². The molecule has 0 saturated carbocycles. The van der Waals surface area contributed by atoms with E-state index in [1.807, 2.05) is 0 Å². The third-order valence-electron chi connectivity index (χ3n) is 3.54. The lowest BCUT2D eigenvalue weighted by molar-refractivity contribution is 0.0587. The highest BCUT2D eigenvalue weighted by molar-refractivity contribution is 5.19. The lowest BCUT2D eigenvalue weighted by Crippen LogP contribution is -2.34. The zero-order valence-corrected chi connectivity index (χ0v) is 12.1. The molecule has 0 radical (unpaired) electrons. The number of hydrogen-bond donors (Lipinski definition) is 1. The number of ether oxygens (including phenoxy) is 1. The van der Waals surface area contributed by atoms with Crippen LogP contribution in [0.25, 0.3) is 0 Å². The molecule has 0 amide bonds. The Morgan fingerprint density at radius 1 is 1.32 bits per heavy atom. The van der Waals surface area contributed by atoms with Crippen molar-refractivity contribution in [3.05, 3.63) is 35.9 Å². The Morgan fingerprint density at radius 3 is 2.84 bits per heavy atom. The zero-order valence-electron chi connectivity index (χ0n) is 12.1. The maximum absolute atomic E-state index is 5.66. The molecule has 1 aliphatic heterocycles. The topological polar surface area (TPSA) is 24.5 Å². The van der Waals surface area contributed by atoms with Gasteiger partial charge in [-0.2, -0.15) is 0 Å². The molecule has 1 heterocycles. The first kappa shape index (κ1) is 14.5. The van der Waals surface area contributed by atoms with Crippen LogP contribution in [0.3, 0.4) is 0 Å². The predicted octanol–water partition coefficient (Wildman–Crippen LogP) is 2.45. The van der Waals surface area contributed by atoms with E-state index in [4.69, 9.17) is 4.74 Å². The van der Waals surface area contributed by atoms with Crippen LogP contribution in [0.2, 0.25) is 0 Å². The molecule has 1 N–H and O–H groups in total. The largest absolute Gasteiger partial charge is 0.377 e. The number of nitrogens with zero attached hydrogens (tertiary/aromatic N) is 1. The first-order chi connectivity index (χ1) is 9.25. The number of hydrogen-bond acceptors (Lipinski definition) is 3. The molecule has 0 spiro atoms.